The van der Waals surface area contributed by atoms with Crippen LogP contribution in [-0.2, 0) is 4.74 Å². The van der Waals surface area contributed by atoms with Crippen LogP contribution < -0.4 is 0 Å². The summed E-state index contributed by atoms with van der Waals surface area (Å²) in [4.78, 5) is 0. The van der Waals surface area contributed by atoms with Crippen LogP contribution in [0.4, 0.5) is 0 Å². The molecule has 2 atom stereocenters. The van der Waals surface area contributed by atoms with E-state index in [1.807, 2.05) is 24.3 Å². The molecule has 1 aromatic rings. The predicted molar refractivity (Wildman–Crippen MR) is 66.0 cm³/mol. The third-order valence-electron chi connectivity index (χ3n) is 2.58. The van der Waals surface area contributed by atoms with Crippen molar-refractivity contribution in [3.05, 3.63) is 34.9 Å². The molecule has 0 radical (unpaired) electrons. The van der Waals surface area contributed by atoms with E-state index in [4.69, 9.17) is 27.9 Å². The third-order valence-corrected chi connectivity index (χ3v) is 3.17. The molecule has 0 aliphatic carbocycles. The van der Waals surface area contributed by atoms with Crippen molar-refractivity contribution in [3.63, 3.8) is 0 Å². The first-order valence-electron chi connectivity index (χ1n) is 4.99. The Morgan fingerprint density at radius 3 is 2.33 bits per heavy atom. The van der Waals surface area contributed by atoms with Crippen molar-refractivity contribution >= 4 is 23.2 Å². The van der Waals surface area contributed by atoms with Gasteiger partial charge in [0.05, 0.1) is 0 Å². The van der Waals surface area contributed by atoms with Crippen molar-refractivity contribution in [1.29, 1.82) is 0 Å². The maximum absolute atomic E-state index is 5.98. The zero-order chi connectivity index (χ0) is 11.3. The Morgan fingerprint density at radius 1 is 1.27 bits per heavy atom. The molecule has 0 fully saturated rings. The number of hydrogen-bond donors (Lipinski definition) is 0. The Labute approximate surface area is 101 Å². The average Bonchev–Trinajstić information content (AvgIpc) is 2.22. The number of halogens is 2. The molecule has 0 aromatic heterocycles. The van der Waals surface area contributed by atoms with Gasteiger partial charge in [0.1, 0.15) is 0 Å². The van der Waals surface area contributed by atoms with Gasteiger partial charge in [-0.3, -0.25) is 0 Å². The van der Waals surface area contributed by atoms with Gasteiger partial charge in [0.2, 0.25) is 0 Å². The molecule has 1 aromatic carbocycles. The number of alkyl halides is 1. The van der Waals surface area contributed by atoms with Crippen LogP contribution in [0.15, 0.2) is 24.3 Å². The summed E-state index contributed by atoms with van der Waals surface area (Å²) < 4.78 is 5.15. The molecular formula is C12H16Cl2O. The van der Waals surface area contributed by atoms with Crippen LogP contribution >= 0.6 is 23.2 Å². The quantitative estimate of drug-likeness (QED) is 0.716. The fourth-order valence-electron chi connectivity index (χ4n) is 1.66. The van der Waals surface area contributed by atoms with Crippen molar-refractivity contribution in [2.24, 2.45) is 5.92 Å². The molecular weight excluding hydrogens is 231 g/mol. The Morgan fingerprint density at radius 2 is 1.87 bits per heavy atom. The molecule has 0 saturated carbocycles. The van der Waals surface area contributed by atoms with Crippen molar-refractivity contribution < 1.29 is 4.74 Å². The van der Waals surface area contributed by atoms with E-state index in [1.165, 1.54) is 5.56 Å². The van der Waals surface area contributed by atoms with Gasteiger partial charge < -0.3 is 4.74 Å². The van der Waals surface area contributed by atoms with Crippen LogP contribution in [0.5, 0.6) is 0 Å². The van der Waals surface area contributed by atoms with Crippen LogP contribution in [0.25, 0.3) is 0 Å². The van der Waals surface area contributed by atoms with E-state index in [-0.39, 0.29) is 0 Å². The molecule has 84 valence electrons. The molecule has 0 aliphatic rings. The minimum Gasteiger partial charge on any atom is -0.384 e. The summed E-state index contributed by atoms with van der Waals surface area (Å²) in [5.41, 5.74) is 1.22. The molecule has 3 heteroatoms. The largest absolute Gasteiger partial charge is 0.384 e. The molecule has 0 spiro atoms. The molecule has 0 amide bonds. The molecule has 1 rings (SSSR count). The van der Waals surface area contributed by atoms with Crippen molar-refractivity contribution in [2.75, 3.05) is 19.6 Å². The maximum Gasteiger partial charge on any atom is 0.0494 e. The van der Waals surface area contributed by atoms with Gasteiger partial charge in [-0.25, -0.2) is 0 Å². The van der Waals surface area contributed by atoms with E-state index in [0.29, 0.717) is 17.7 Å². The van der Waals surface area contributed by atoms with Gasteiger partial charge in [0, 0.05) is 30.5 Å². The van der Waals surface area contributed by atoms with Crippen molar-refractivity contribution in [2.45, 2.75) is 12.8 Å². The van der Waals surface area contributed by atoms with Gasteiger partial charge in [-0.15, -0.1) is 11.6 Å². The standard InChI is InChI=1S/C12H16Cl2O/c1-9(8-15-2)12(7-13)10-3-5-11(14)6-4-10/h3-6,9,12H,7-8H2,1-2H3. The Balaban J connectivity index is 2.77. The Bertz CT molecular complexity index is 284. The molecule has 2 unspecified atom stereocenters. The van der Waals surface area contributed by atoms with Gasteiger partial charge in [-0.2, -0.15) is 0 Å². The van der Waals surface area contributed by atoms with Crippen LogP contribution in [0.3, 0.4) is 0 Å². The first-order valence-corrected chi connectivity index (χ1v) is 5.90. The molecule has 0 bridgehead atoms. The average molecular weight is 247 g/mol. The number of benzene rings is 1. The SMILES string of the molecule is COCC(C)C(CCl)c1ccc(Cl)cc1. The first-order chi connectivity index (χ1) is 7.19. The lowest BCUT2D eigenvalue weighted by molar-refractivity contribution is 0.150. The van der Waals surface area contributed by atoms with E-state index < -0.39 is 0 Å². The highest BCUT2D eigenvalue weighted by Crippen LogP contribution is 2.27. The highest BCUT2D eigenvalue weighted by atomic mass is 35.5. The fraction of sp³-hybridized carbons (Fsp3) is 0.500. The van der Waals surface area contributed by atoms with E-state index in [2.05, 4.69) is 6.92 Å². The summed E-state index contributed by atoms with van der Waals surface area (Å²) in [7, 11) is 1.71. The first kappa shape index (κ1) is 12.8. The van der Waals surface area contributed by atoms with Gasteiger partial charge in [0.15, 0.2) is 0 Å². The molecule has 0 aliphatic heterocycles. The maximum atomic E-state index is 5.98. The summed E-state index contributed by atoms with van der Waals surface area (Å²) in [5.74, 6) is 1.34. The topological polar surface area (TPSA) is 9.23 Å². The van der Waals surface area contributed by atoms with Gasteiger partial charge in [-0.05, 0) is 23.6 Å². The Kier molecular flexibility index (Phi) is 5.44. The lowest BCUT2D eigenvalue weighted by Crippen LogP contribution is -2.16. The Hall–Kier alpha value is -0.240. The van der Waals surface area contributed by atoms with Crippen molar-refractivity contribution in [3.8, 4) is 0 Å². The smallest absolute Gasteiger partial charge is 0.0494 e. The van der Waals surface area contributed by atoms with Crippen LogP contribution in [0.1, 0.15) is 18.4 Å². The van der Waals surface area contributed by atoms with Crippen LogP contribution in [0, 0.1) is 5.92 Å². The zero-order valence-corrected chi connectivity index (χ0v) is 10.6. The van der Waals surface area contributed by atoms with Gasteiger partial charge in [-0.1, -0.05) is 30.7 Å². The minimum atomic E-state index is 0.323. The lowest BCUT2D eigenvalue weighted by atomic mass is 9.89. The molecule has 1 nitrogen and oxygen atoms in total. The number of ether oxygens (including phenoxy) is 1. The van der Waals surface area contributed by atoms with Gasteiger partial charge >= 0.3 is 0 Å². The second-order valence-corrected chi connectivity index (χ2v) is 4.49. The predicted octanol–water partition coefficient (Wildman–Crippen LogP) is 3.94. The number of rotatable bonds is 5. The van der Waals surface area contributed by atoms with E-state index in [9.17, 15) is 0 Å². The monoisotopic (exact) mass is 246 g/mol. The van der Waals surface area contributed by atoms with E-state index >= 15 is 0 Å². The van der Waals surface area contributed by atoms with Crippen LogP contribution in [0.2, 0.25) is 5.02 Å². The highest BCUT2D eigenvalue weighted by Gasteiger charge is 2.18. The fourth-order valence-corrected chi connectivity index (χ4v) is 2.27. The summed E-state index contributed by atoms with van der Waals surface area (Å²) >= 11 is 11.8. The molecule has 15 heavy (non-hydrogen) atoms. The molecule has 0 N–H and O–H groups in total. The third kappa shape index (κ3) is 3.67. The second kappa shape index (κ2) is 6.37. The van der Waals surface area contributed by atoms with E-state index in [0.717, 1.165) is 11.6 Å². The summed E-state index contributed by atoms with van der Waals surface area (Å²) in [6.07, 6.45) is 0. The molecule has 0 heterocycles. The van der Waals surface area contributed by atoms with Gasteiger partial charge in [0.25, 0.3) is 0 Å². The van der Waals surface area contributed by atoms with E-state index in [1.54, 1.807) is 7.11 Å². The van der Waals surface area contributed by atoms with Crippen LogP contribution in [-0.4, -0.2) is 19.6 Å². The summed E-state index contributed by atoms with van der Waals surface area (Å²) in [5, 5.41) is 0.756. The summed E-state index contributed by atoms with van der Waals surface area (Å²) in [6.45, 7) is 2.87. The minimum absolute atomic E-state index is 0.323. The number of methoxy groups -OCH3 is 1. The normalized spacial score (nSPS) is 14.9. The zero-order valence-electron chi connectivity index (χ0n) is 9.04. The molecule has 0 saturated heterocycles. The van der Waals surface area contributed by atoms with Crippen molar-refractivity contribution in [1.82, 2.24) is 0 Å². The highest BCUT2D eigenvalue weighted by molar-refractivity contribution is 6.30. The second-order valence-electron chi connectivity index (χ2n) is 3.74. The lowest BCUT2D eigenvalue weighted by Gasteiger charge is -2.21. The summed E-state index contributed by atoms with van der Waals surface area (Å²) in [6, 6.07) is 7.86. The number of hydrogen-bond acceptors (Lipinski definition) is 1.